The zero-order valence-corrected chi connectivity index (χ0v) is 19.1. The average Bonchev–Trinajstić information content (AvgIpc) is 3.19. The van der Waals surface area contributed by atoms with Crippen LogP contribution in [0.4, 0.5) is 16.5 Å². The Kier molecular flexibility index (Phi) is 7.05. The van der Waals surface area contributed by atoms with Gasteiger partial charge in [0.1, 0.15) is 5.51 Å². The standard InChI is InChI=1S/C20H20N6O4S2/c1-12-8-13(2)10-16(9-12)22-19(28)18(14(3)27)24-23-15-4-6-17(7-5-15)32(29,30)26-20-25-21-11-31-20/h4-11,18H,1-3H3,(H,22,28)(H,25,26). The van der Waals surface area contributed by atoms with Crippen molar-refractivity contribution in [3.63, 3.8) is 0 Å². The number of anilines is 2. The van der Waals surface area contributed by atoms with Gasteiger partial charge < -0.3 is 5.32 Å². The Labute approximate surface area is 188 Å². The van der Waals surface area contributed by atoms with Crippen LogP contribution < -0.4 is 10.0 Å². The number of Topliss-reactive ketones (excluding diaryl/α,β-unsaturated/α-hetero) is 1. The molecule has 0 fully saturated rings. The van der Waals surface area contributed by atoms with Crippen molar-refractivity contribution in [1.82, 2.24) is 10.2 Å². The summed E-state index contributed by atoms with van der Waals surface area (Å²) < 4.78 is 27.0. The van der Waals surface area contributed by atoms with Crippen LogP contribution in [0, 0.1) is 13.8 Å². The molecule has 2 aromatic carbocycles. The summed E-state index contributed by atoms with van der Waals surface area (Å²) in [5.41, 5.74) is 4.19. The molecule has 166 valence electrons. The second kappa shape index (κ2) is 9.75. The number of aromatic nitrogens is 2. The molecule has 1 aromatic heterocycles. The number of sulfonamides is 1. The van der Waals surface area contributed by atoms with E-state index in [-0.39, 0.29) is 15.7 Å². The van der Waals surface area contributed by atoms with Gasteiger partial charge in [-0.15, -0.1) is 10.2 Å². The molecule has 10 nitrogen and oxygen atoms in total. The largest absolute Gasteiger partial charge is 0.324 e. The minimum atomic E-state index is -3.83. The van der Waals surface area contributed by atoms with Gasteiger partial charge in [-0.25, -0.2) is 8.42 Å². The number of hydrogen-bond donors (Lipinski definition) is 2. The number of carbonyl (C=O) groups excluding carboxylic acids is 2. The molecule has 12 heteroatoms. The molecule has 0 saturated carbocycles. The molecule has 1 amide bonds. The van der Waals surface area contributed by atoms with E-state index in [0.717, 1.165) is 22.5 Å². The number of aryl methyl sites for hydroxylation is 2. The molecule has 3 aromatic rings. The van der Waals surface area contributed by atoms with Crippen LogP contribution in [-0.4, -0.2) is 36.3 Å². The third-order valence-electron chi connectivity index (χ3n) is 4.14. The Hall–Kier alpha value is -3.51. The molecular weight excluding hydrogens is 452 g/mol. The van der Waals surface area contributed by atoms with Gasteiger partial charge in [0, 0.05) is 5.69 Å². The van der Waals surface area contributed by atoms with Crippen molar-refractivity contribution in [2.24, 2.45) is 10.2 Å². The highest BCUT2D eigenvalue weighted by Gasteiger charge is 2.23. The molecule has 0 radical (unpaired) electrons. The first-order valence-corrected chi connectivity index (χ1v) is 11.7. The Balaban J connectivity index is 1.72. The number of rotatable bonds is 8. The predicted molar refractivity (Wildman–Crippen MR) is 121 cm³/mol. The lowest BCUT2D eigenvalue weighted by Gasteiger charge is -2.11. The van der Waals surface area contributed by atoms with Gasteiger partial charge in [-0.1, -0.05) is 17.4 Å². The first kappa shape index (κ1) is 23.2. The van der Waals surface area contributed by atoms with Crippen molar-refractivity contribution in [2.75, 3.05) is 10.0 Å². The fourth-order valence-corrected chi connectivity index (χ4v) is 4.48. The van der Waals surface area contributed by atoms with Crippen molar-refractivity contribution in [3.05, 3.63) is 59.1 Å². The number of amides is 1. The molecule has 32 heavy (non-hydrogen) atoms. The highest BCUT2D eigenvalue weighted by molar-refractivity contribution is 7.93. The van der Waals surface area contributed by atoms with Crippen LogP contribution in [-0.2, 0) is 19.6 Å². The normalized spacial score (nSPS) is 12.5. The number of azo groups is 1. The molecule has 3 rings (SSSR count). The molecule has 0 spiro atoms. The van der Waals surface area contributed by atoms with Crippen molar-refractivity contribution in [1.29, 1.82) is 0 Å². The maximum atomic E-state index is 12.6. The predicted octanol–water partition coefficient (Wildman–Crippen LogP) is 3.64. The van der Waals surface area contributed by atoms with Crippen LogP contribution in [0.5, 0.6) is 0 Å². The van der Waals surface area contributed by atoms with E-state index in [1.54, 1.807) is 12.1 Å². The van der Waals surface area contributed by atoms with Crippen molar-refractivity contribution < 1.29 is 18.0 Å². The number of carbonyl (C=O) groups is 2. The zero-order valence-electron chi connectivity index (χ0n) is 17.4. The Morgan fingerprint density at radius 1 is 1.06 bits per heavy atom. The lowest BCUT2D eigenvalue weighted by molar-refractivity contribution is -0.126. The second-order valence-corrected chi connectivity index (χ2v) is 9.45. The highest BCUT2D eigenvalue weighted by Crippen LogP contribution is 2.21. The molecule has 0 saturated heterocycles. The molecule has 0 aliphatic rings. The van der Waals surface area contributed by atoms with Crippen molar-refractivity contribution >= 4 is 49.6 Å². The monoisotopic (exact) mass is 472 g/mol. The number of benzene rings is 2. The summed E-state index contributed by atoms with van der Waals surface area (Å²) in [5, 5.41) is 17.8. The first-order chi connectivity index (χ1) is 15.1. The molecule has 0 bridgehead atoms. The maximum absolute atomic E-state index is 12.6. The van der Waals surface area contributed by atoms with Gasteiger partial charge in [-0.05, 0) is 68.3 Å². The van der Waals surface area contributed by atoms with E-state index in [2.05, 4.69) is 30.5 Å². The SMILES string of the molecule is CC(=O)C(N=Nc1ccc(S(=O)(=O)Nc2nncs2)cc1)C(=O)Nc1cc(C)cc(C)c1. The van der Waals surface area contributed by atoms with E-state index in [4.69, 9.17) is 0 Å². The number of nitrogens with zero attached hydrogens (tertiary/aromatic N) is 4. The third-order valence-corrected chi connectivity index (χ3v) is 6.23. The van der Waals surface area contributed by atoms with Crippen molar-refractivity contribution in [3.8, 4) is 0 Å². The lowest BCUT2D eigenvalue weighted by Crippen LogP contribution is -2.31. The van der Waals surface area contributed by atoms with Crippen molar-refractivity contribution in [2.45, 2.75) is 31.7 Å². The molecule has 0 aliphatic carbocycles. The molecule has 1 heterocycles. The number of ketones is 1. The molecular formula is C20H20N6O4S2. The van der Waals surface area contributed by atoms with Crippen LogP contribution in [0.2, 0.25) is 0 Å². The Bertz CT molecular complexity index is 1240. The van der Waals surface area contributed by atoms with Gasteiger partial charge in [0.25, 0.3) is 15.9 Å². The van der Waals surface area contributed by atoms with Gasteiger partial charge in [0.15, 0.2) is 5.78 Å². The summed E-state index contributed by atoms with van der Waals surface area (Å²) in [6.07, 6.45) is 0. The minimum Gasteiger partial charge on any atom is -0.324 e. The van der Waals surface area contributed by atoms with Gasteiger partial charge in [-0.3, -0.25) is 14.3 Å². The summed E-state index contributed by atoms with van der Waals surface area (Å²) in [4.78, 5) is 24.5. The first-order valence-electron chi connectivity index (χ1n) is 9.33. The Morgan fingerprint density at radius 2 is 1.72 bits per heavy atom. The Morgan fingerprint density at radius 3 is 2.28 bits per heavy atom. The summed E-state index contributed by atoms with van der Waals surface area (Å²) in [6, 6.07) is 9.69. The number of hydrogen-bond acceptors (Lipinski definition) is 9. The fourth-order valence-electron chi connectivity index (χ4n) is 2.78. The van der Waals surface area contributed by atoms with Gasteiger partial charge >= 0.3 is 0 Å². The molecule has 2 N–H and O–H groups in total. The fraction of sp³-hybridized carbons (Fsp3) is 0.200. The third kappa shape index (κ3) is 6.02. The summed E-state index contributed by atoms with van der Waals surface area (Å²) in [5.74, 6) is -1.08. The second-order valence-electron chi connectivity index (χ2n) is 6.94. The summed E-state index contributed by atoms with van der Waals surface area (Å²) in [6.45, 7) is 5.05. The van der Waals surface area contributed by atoms with E-state index in [1.807, 2.05) is 19.9 Å². The summed E-state index contributed by atoms with van der Waals surface area (Å²) in [7, 11) is -3.83. The molecule has 1 unspecified atom stereocenters. The average molecular weight is 473 g/mol. The van der Waals surface area contributed by atoms with Gasteiger partial charge in [0.2, 0.25) is 11.2 Å². The van der Waals surface area contributed by atoms with Gasteiger partial charge in [-0.2, -0.15) is 10.2 Å². The number of nitrogens with one attached hydrogen (secondary N) is 2. The minimum absolute atomic E-state index is 0.0117. The van der Waals surface area contributed by atoms with Crippen LogP contribution in [0.15, 0.2) is 63.1 Å². The van der Waals surface area contributed by atoms with E-state index < -0.39 is 27.8 Å². The highest BCUT2D eigenvalue weighted by atomic mass is 32.2. The van der Waals surface area contributed by atoms with Crippen LogP contribution in [0.3, 0.4) is 0 Å². The molecule has 1 atom stereocenters. The smallest absolute Gasteiger partial charge is 0.263 e. The topological polar surface area (TPSA) is 143 Å². The van der Waals surface area contributed by atoms with Gasteiger partial charge in [0.05, 0.1) is 10.6 Å². The van der Waals surface area contributed by atoms with E-state index in [1.165, 1.54) is 36.7 Å². The summed E-state index contributed by atoms with van der Waals surface area (Å²) >= 11 is 1.05. The lowest BCUT2D eigenvalue weighted by atomic mass is 10.1. The maximum Gasteiger partial charge on any atom is 0.263 e. The quantitative estimate of drug-likeness (QED) is 0.378. The van der Waals surface area contributed by atoms with Crippen LogP contribution in [0.1, 0.15) is 18.1 Å². The van der Waals surface area contributed by atoms with E-state index in [9.17, 15) is 18.0 Å². The van der Waals surface area contributed by atoms with E-state index >= 15 is 0 Å². The van der Waals surface area contributed by atoms with Crippen LogP contribution >= 0.6 is 11.3 Å². The van der Waals surface area contributed by atoms with E-state index in [0.29, 0.717) is 5.69 Å². The zero-order chi connectivity index (χ0) is 23.3. The molecule has 0 aliphatic heterocycles. The van der Waals surface area contributed by atoms with Crippen LogP contribution in [0.25, 0.3) is 0 Å².